The molecule has 240 valence electrons. The third kappa shape index (κ3) is 8.27. The van der Waals surface area contributed by atoms with Gasteiger partial charge in [0, 0.05) is 19.9 Å². The number of hydrogen-bond donors (Lipinski definition) is 2. The summed E-state index contributed by atoms with van der Waals surface area (Å²) in [5.41, 5.74) is -2.18. The van der Waals surface area contributed by atoms with Gasteiger partial charge in [-0.15, -0.1) is 11.8 Å². The number of methoxy groups -OCH3 is 1. The summed E-state index contributed by atoms with van der Waals surface area (Å²) in [6, 6.07) is -2.22. The number of amides is 3. The topological polar surface area (TPSA) is 126 Å². The van der Waals surface area contributed by atoms with Crippen LogP contribution in [0.15, 0.2) is 4.99 Å². The lowest BCUT2D eigenvalue weighted by Gasteiger charge is -2.38. The van der Waals surface area contributed by atoms with Crippen molar-refractivity contribution in [3.05, 3.63) is 0 Å². The fourth-order valence-electron chi connectivity index (χ4n) is 5.83. The molecule has 0 saturated carbocycles. The molecule has 8 atom stereocenters. The minimum atomic E-state index is -1.10. The van der Waals surface area contributed by atoms with Crippen molar-refractivity contribution in [1.29, 1.82) is 0 Å². The number of carbonyl (C=O) groups is 4. The molecule has 11 heteroatoms. The van der Waals surface area contributed by atoms with Crippen LogP contribution >= 0.6 is 11.8 Å². The first-order valence-electron chi connectivity index (χ1n) is 15.4. The van der Waals surface area contributed by atoms with E-state index >= 15 is 0 Å². The van der Waals surface area contributed by atoms with Gasteiger partial charge in [0.15, 0.2) is 0 Å². The molecule has 2 aliphatic rings. The smallest absolute Gasteiger partial charge is 0.328 e. The van der Waals surface area contributed by atoms with Gasteiger partial charge in [-0.25, -0.2) is 4.79 Å². The Bertz CT molecular complexity index is 1020. The average molecular weight is 611 g/mol. The van der Waals surface area contributed by atoms with Crippen molar-refractivity contribution in [1.82, 2.24) is 15.5 Å². The molecular weight excluding hydrogens is 556 g/mol. The fourth-order valence-corrected chi connectivity index (χ4v) is 7.03. The Balaban J connectivity index is 2.53. The summed E-state index contributed by atoms with van der Waals surface area (Å²) in [4.78, 5) is 60.9. The monoisotopic (exact) mass is 610 g/mol. The zero-order valence-corrected chi connectivity index (χ0v) is 28.4. The van der Waals surface area contributed by atoms with Crippen molar-refractivity contribution in [3.8, 4) is 0 Å². The Labute approximate surface area is 256 Å². The Hall–Kier alpha value is -2.14. The van der Waals surface area contributed by atoms with E-state index in [-0.39, 0.29) is 29.8 Å². The molecule has 10 nitrogen and oxygen atoms in total. The highest BCUT2D eigenvalue weighted by Crippen LogP contribution is 2.35. The summed E-state index contributed by atoms with van der Waals surface area (Å²) in [7, 11) is 3.32. The second kappa shape index (κ2) is 15.0. The van der Waals surface area contributed by atoms with E-state index in [1.165, 1.54) is 16.7 Å². The van der Waals surface area contributed by atoms with Gasteiger partial charge >= 0.3 is 5.97 Å². The quantitative estimate of drug-likeness (QED) is 0.379. The minimum Gasteiger partial charge on any atom is -0.459 e. The molecule has 3 amide bonds. The van der Waals surface area contributed by atoms with E-state index in [9.17, 15) is 19.2 Å². The number of hydrogen-bond acceptors (Lipinski definition) is 8. The summed E-state index contributed by atoms with van der Waals surface area (Å²) in [5, 5.41) is 6.52. The maximum atomic E-state index is 13.8. The Morgan fingerprint density at radius 1 is 1.02 bits per heavy atom. The molecule has 0 aliphatic carbocycles. The highest BCUT2D eigenvalue weighted by molar-refractivity contribution is 8.14. The van der Waals surface area contributed by atoms with Gasteiger partial charge in [-0.05, 0) is 65.7 Å². The summed E-state index contributed by atoms with van der Waals surface area (Å²) >= 11 is 1.44. The molecule has 0 aromatic rings. The molecule has 0 aromatic carbocycles. The first kappa shape index (κ1) is 36.1. The van der Waals surface area contributed by atoms with Gasteiger partial charge in [-0.2, -0.15) is 0 Å². The second-order valence-electron chi connectivity index (χ2n) is 13.0. The van der Waals surface area contributed by atoms with E-state index in [2.05, 4.69) is 17.6 Å². The highest BCUT2D eigenvalue weighted by Gasteiger charge is 2.47. The van der Waals surface area contributed by atoms with Crippen molar-refractivity contribution in [2.75, 3.05) is 19.9 Å². The SMILES string of the molecule is CCC[C@@H](CC[C@@H](C)[C@@H]1OC(=O)[C@H](C)NC(=O)C([C@@H](C)CC)N(C)C(=O)[C@]2(C)CSC(=N2)[C@H](C)NC(=O)C1(C)C)OC. The number of aliphatic imine (C=N–C) groups is 1. The number of esters is 1. The summed E-state index contributed by atoms with van der Waals surface area (Å²) < 4.78 is 11.7. The molecule has 2 aliphatic heterocycles. The van der Waals surface area contributed by atoms with E-state index in [1.54, 1.807) is 41.9 Å². The molecule has 2 N–H and O–H groups in total. The van der Waals surface area contributed by atoms with Crippen molar-refractivity contribution >= 4 is 40.5 Å². The van der Waals surface area contributed by atoms with Gasteiger partial charge < -0.3 is 25.0 Å². The van der Waals surface area contributed by atoms with Crippen LogP contribution in [0.3, 0.4) is 0 Å². The van der Waals surface area contributed by atoms with Gasteiger partial charge in [0.2, 0.25) is 11.8 Å². The fraction of sp³-hybridized carbons (Fsp3) is 0.839. The largest absolute Gasteiger partial charge is 0.459 e. The number of nitrogens with zero attached hydrogens (tertiary/aromatic N) is 2. The lowest BCUT2D eigenvalue weighted by Crippen LogP contribution is -2.58. The van der Waals surface area contributed by atoms with Crippen LogP contribution in [-0.2, 0) is 28.7 Å². The van der Waals surface area contributed by atoms with Crippen LogP contribution in [-0.4, -0.2) is 89.4 Å². The number of carbonyl (C=O) groups excluding carboxylic acids is 4. The van der Waals surface area contributed by atoms with E-state index < -0.39 is 47.1 Å². The molecule has 0 saturated heterocycles. The molecular formula is C31H54N4O6S. The number of likely N-dealkylation sites (N-methyl/N-ethyl adjacent to an activating group) is 1. The van der Waals surface area contributed by atoms with Gasteiger partial charge in [-0.3, -0.25) is 19.4 Å². The van der Waals surface area contributed by atoms with Crippen molar-refractivity contribution in [2.45, 2.75) is 130 Å². The standard InChI is InChI=1S/C31H54N4O6S/c1-12-14-22(40-11)16-15-19(4)24-30(7,8)28(38)33-20(5)26-34-31(9,17-42-26)29(39)35(10)23(18(3)13-2)25(36)32-21(6)27(37)41-24/h18-24H,12-17H2,1-11H3,(H,32,36)(H,33,38)/t18-,19+,20-,21-,22-,23?,24-,31-/m0/s1. The van der Waals surface area contributed by atoms with E-state index in [1.807, 2.05) is 27.7 Å². The molecule has 2 rings (SSSR count). The summed E-state index contributed by atoms with van der Waals surface area (Å²) in [5.74, 6) is -1.53. The van der Waals surface area contributed by atoms with Crippen molar-refractivity contribution in [2.24, 2.45) is 22.2 Å². The van der Waals surface area contributed by atoms with E-state index in [0.29, 0.717) is 23.6 Å². The van der Waals surface area contributed by atoms with Gasteiger partial charge in [0.05, 0.1) is 22.6 Å². The van der Waals surface area contributed by atoms with Crippen LogP contribution in [0.2, 0.25) is 0 Å². The predicted octanol–water partition coefficient (Wildman–Crippen LogP) is 3.96. The highest BCUT2D eigenvalue weighted by atomic mass is 32.2. The molecule has 0 radical (unpaired) electrons. The lowest BCUT2D eigenvalue weighted by atomic mass is 9.77. The van der Waals surface area contributed by atoms with Gasteiger partial charge in [-0.1, -0.05) is 40.5 Å². The Morgan fingerprint density at radius 3 is 2.24 bits per heavy atom. The average Bonchev–Trinajstić information content (AvgIpc) is 3.35. The molecule has 1 unspecified atom stereocenters. The third-order valence-electron chi connectivity index (χ3n) is 8.88. The number of rotatable bonds is 9. The lowest BCUT2D eigenvalue weighted by molar-refractivity contribution is -0.167. The zero-order valence-electron chi connectivity index (χ0n) is 27.5. The first-order chi connectivity index (χ1) is 19.5. The zero-order chi connectivity index (χ0) is 32.0. The Morgan fingerprint density at radius 2 is 1.67 bits per heavy atom. The van der Waals surface area contributed by atoms with Crippen LogP contribution in [0.4, 0.5) is 0 Å². The van der Waals surface area contributed by atoms with Crippen molar-refractivity contribution in [3.63, 3.8) is 0 Å². The molecule has 2 bridgehead atoms. The van der Waals surface area contributed by atoms with Crippen LogP contribution in [0, 0.1) is 17.3 Å². The summed E-state index contributed by atoms with van der Waals surface area (Å²) in [6.45, 7) is 16.7. The maximum absolute atomic E-state index is 13.8. The first-order valence-corrected chi connectivity index (χ1v) is 16.4. The third-order valence-corrected chi connectivity index (χ3v) is 10.3. The van der Waals surface area contributed by atoms with Crippen LogP contribution in [0.25, 0.3) is 0 Å². The number of thioether (sulfide) groups is 1. The molecule has 0 fully saturated rings. The van der Waals surface area contributed by atoms with Crippen LogP contribution < -0.4 is 10.6 Å². The Kier molecular flexibility index (Phi) is 12.9. The normalized spacial score (nSPS) is 31.5. The van der Waals surface area contributed by atoms with Crippen LogP contribution in [0.5, 0.6) is 0 Å². The molecule has 2 heterocycles. The molecule has 42 heavy (non-hydrogen) atoms. The number of ether oxygens (including phenoxy) is 2. The van der Waals surface area contributed by atoms with Gasteiger partial charge in [0.1, 0.15) is 23.7 Å². The molecule has 0 aromatic heterocycles. The van der Waals surface area contributed by atoms with E-state index in [4.69, 9.17) is 14.5 Å². The van der Waals surface area contributed by atoms with E-state index in [0.717, 1.165) is 19.3 Å². The maximum Gasteiger partial charge on any atom is 0.328 e. The van der Waals surface area contributed by atoms with Gasteiger partial charge in [0.25, 0.3) is 5.91 Å². The summed E-state index contributed by atoms with van der Waals surface area (Å²) in [6.07, 6.45) is 3.35. The number of cyclic esters (lactones) is 1. The van der Waals surface area contributed by atoms with Crippen LogP contribution in [0.1, 0.15) is 94.4 Å². The number of nitrogens with one attached hydrogen (secondary N) is 2. The number of fused-ring (bicyclic) bond motifs is 1. The second-order valence-corrected chi connectivity index (χ2v) is 14.0. The predicted molar refractivity (Wildman–Crippen MR) is 167 cm³/mol. The van der Waals surface area contributed by atoms with Crippen molar-refractivity contribution < 1.29 is 28.7 Å². The minimum absolute atomic E-state index is 0.0819. The molecule has 0 spiro atoms.